The average molecular weight is 434 g/mol. The fraction of sp³-hybridized carbons (Fsp3) is 0.263. The Labute approximate surface area is 164 Å². The number of hydrogen-bond donors (Lipinski definition) is 3. The van der Waals surface area contributed by atoms with Crippen LogP contribution in [0.4, 0.5) is 0 Å². The number of carbonyl (C=O) groups is 1. The van der Waals surface area contributed by atoms with Crippen LogP contribution in [-0.2, 0) is 4.79 Å². The molecule has 3 rings (SSSR count). The molecule has 1 aromatic heterocycles. The van der Waals surface area contributed by atoms with Crippen molar-refractivity contribution in [2.75, 3.05) is 5.75 Å². The Bertz CT molecular complexity index is 1030. The zero-order valence-corrected chi connectivity index (χ0v) is 17.2. The normalized spacial score (nSPS) is 12.3. The van der Waals surface area contributed by atoms with Crippen LogP contribution in [0.15, 0.2) is 44.5 Å². The molecule has 0 saturated heterocycles. The Kier molecular flexibility index (Phi) is 5.58. The lowest BCUT2D eigenvalue weighted by Gasteiger charge is -2.15. The Hall–Kier alpha value is -1.99. The molecular weight excluding hydrogens is 414 g/mol. The highest BCUT2D eigenvalue weighted by atomic mass is 79.9. The molecule has 0 radical (unpaired) electrons. The summed E-state index contributed by atoms with van der Waals surface area (Å²) in [5, 5.41) is 3.01. The first-order valence-corrected chi connectivity index (χ1v) is 10.0. The van der Waals surface area contributed by atoms with E-state index in [1.807, 2.05) is 39.0 Å². The minimum absolute atomic E-state index is 0.0230. The number of thioether (sulfide) groups is 1. The quantitative estimate of drug-likeness (QED) is 0.527. The molecule has 5 nitrogen and oxygen atoms in total. The molecule has 7 heteroatoms. The first kappa shape index (κ1) is 18.8. The fourth-order valence-electron chi connectivity index (χ4n) is 2.74. The van der Waals surface area contributed by atoms with Gasteiger partial charge in [0.15, 0.2) is 0 Å². The Balaban J connectivity index is 1.63. The van der Waals surface area contributed by atoms with Gasteiger partial charge in [0.2, 0.25) is 5.91 Å². The minimum Gasteiger partial charge on any atom is -0.349 e. The molecule has 0 bridgehead atoms. The molecule has 1 unspecified atom stereocenters. The summed E-state index contributed by atoms with van der Waals surface area (Å²) < 4.78 is 1.08. The summed E-state index contributed by atoms with van der Waals surface area (Å²) in [4.78, 5) is 30.2. The molecule has 0 aliphatic carbocycles. The summed E-state index contributed by atoms with van der Waals surface area (Å²) in [6.07, 6.45) is 0. The summed E-state index contributed by atoms with van der Waals surface area (Å²) in [7, 11) is 0. The van der Waals surface area contributed by atoms with Gasteiger partial charge in [-0.2, -0.15) is 0 Å². The first-order chi connectivity index (χ1) is 12.3. The molecule has 0 aliphatic heterocycles. The molecule has 3 aromatic rings. The number of aromatic nitrogens is 2. The molecule has 3 N–H and O–H groups in total. The van der Waals surface area contributed by atoms with Crippen LogP contribution < -0.4 is 11.0 Å². The van der Waals surface area contributed by atoms with Crippen molar-refractivity contribution in [2.45, 2.75) is 31.7 Å². The zero-order chi connectivity index (χ0) is 18.8. The lowest BCUT2D eigenvalue weighted by Crippen LogP contribution is -2.28. The van der Waals surface area contributed by atoms with Crippen LogP contribution in [-0.4, -0.2) is 21.6 Å². The number of benzene rings is 2. The van der Waals surface area contributed by atoms with Gasteiger partial charge >= 0.3 is 5.69 Å². The summed E-state index contributed by atoms with van der Waals surface area (Å²) in [6.45, 7) is 6.01. The van der Waals surface area contributed by atoms with Crippen molar-refractivity contribution >= 4 is 44.6 Å². The van der Waals surface area contributed by atoms with E-state index in [0.29, 0.717) is 5.75 Å². The smallest absolute Gasteiger partial charge is 0.323 e. The number of amides is 1. The number of fused-ring (bicyclic) bond motifs is 1. The molecule has 0 fully saturated rings. The monoisotopic (exact) mass is 433 g/mol. The number of carbonyl (C=O) groups excluding carboxylic acids is 1. The molecule has 0 spiro atoms. The standard InChI is InChI=1S/C19H20BrN3O2S/c1-10-7-17(11(2)6-14(10)20)26-9-18(24)21-12(3)13-4-5-15-16(8-13)23-19(25)22-15/h4-8,12H,9H2,1-3H3,(H,21,24)(H2,22,23,25). The van der Waals surface area contributed by atoms with Gasteiger partial charge in [-0.05, 0) is 61.7 Å². The van der Waals surface area contributed by atoms with Gasteiger partial charge in [-0.3, -0.25) is 4.79 Å². The second-order valence-corrected chi connectivity index (χ2v) is 8.20. The van der Waals surface area contributed by atoms with E-state index >= 15 is 0 Å². The lowest BCUT2D eigenvalue weighted by molar-refractivity contribution is -0.119. The molecule has 136 valence electrons. The van der Waals surface area contributed by atoms with Crippen molar-refractivity contribution in [1.82, 2.24) is 15.3 Å². The van der Waals surface area contributed by atoms with E-state index in [4.69, 9.17) is 0 Å². The van der Waals surface area contributed by atoms with Crippen molar-refractivity contribution in [1.29, 1.82) is 0 Å². The molecule has 1 heterocycles. The summed E-state index contributed by atoms with van der Waals surface area (Å²) >= 11 is 5.06. The number of halogens is 1. The van der Waals surface area contributed by atoms with Gasteiger partial charge in [0, 0.05) is 9.37 Å². The van der Waals surface area contributed by atoms with E-state index < -0.39 is 0 Å². The molecule has 0 saturated carbocycles. The molecule has 1 atom stereocenters. The Morgan fingerprint density at radius 2 is 1.88 bits per heavy atom. The van der Waals surface area contributed by atoms with Gasteiger partial charge in [0.1, 0.15) is 0 Å². The Morgan fingerprint density at radius 3 is 2.65 bits per heavy atom. The second kappa shape index (κ2) is 7.72. The topological polar surface area (TPSA) is 77.8 Å². The average Bonchev–Trinajstić information content (AvgIpc) is 2.96. The number of hydrogen-bond acceptors (Lipinski definition) is 3. The summed E-state index contributed by atoms with van der Waals surface area (Å²) in [5.41, 5.74) is 4.51. The highest BCUT2D eigenvalue weighted by Crippen LogP contribution is 2.28. The van der Waals surface area contributed by atoms with Crippen LogP contribution in [0.1, 0.15) is 29.7 Å². The van der Waals surface area contributed by atoms with E-state index in [1.54, 1.807) is 0 Å². The van der Waals surface area contributed by atoms with Crippen molar-refractivity contribution in [3.8, 4) is 0 Å². The van der Waals surface area contributed by atoms with Crippen molar-refractivity contribution in [3.63, 3.8) is 0 Å². The number of nitrogens with one attached hydrogen (secondary N) is 3. The van der Waals surface area contributed by atoms with Gasteiger partial charge in [-0.25, -0.2) is 4.79 Å². The number of aromatic amines is 2. The molecule has 1 amide bonds. The second-order valence-electron chi connectivity index (χ2n) is 6.33. The van der Waals surface area contributed by atoms with Crippen molar-refractivity contribution < 1.29 is 4.79 Å². The number of aryl methyl sites for hydroxylation is 2. The highest BCUT2D eigenvalue weighted by Gasteiger charge is 2.12. The van der Waals surface area contributed by atoms with Gasteiger partial charge in [-0.15, -0.1) is 11.8 Å². The maximum Gasteiger partial charge on any atom is 0.323 e. The largest absolute Gasteiger partial charge is 0.349 e. The van der Waals surface area contributed by atoms with Gasteiger partial charge < -0.3 is 15.3 Å². The zero-order valence-electron chi connectivity index (χ0n) is 14.8. The van der Waals surface area contributed by atoms with E-state index in [1.165, 1.54) is 11.8 Å². The Morgan fingerprint density at radius 1 is 1.15 bits per heavy atom. The summed E-state index contributed by atoms with van der Waals surface area (Å²) in [5.74, 6) is 0.334. The maximum absolute atomic E-state index is 12.3. The van der Waals surface area contributed by atoms with Crippen LogP contribution in [0.5, 0.6) is 0 Å². The van der Waals surface area contributed by atoms with E-state index in [2.05, 4.69) is 43.3 Å². The molecular formula is C19H20BrN3O2S. The van der Waals surface area contributed by atoms with Crippen LogP contribution >= 0.6 is 27.7 Å². The SMILES string of the molecule is Cc1cc(SCC(=O)NC(C)c2ccc3[nH]c(=O)[nH]c3c2)c(C)cc1Br. The summed E-state index contributed by atoms with van der Waals surface area (Å²) in [6, 6.07) is 9.66. The lowest BCUT2D eigenvalue weighted by atomic mass is 10.1. The maximum atomic E-state index is 12.3. The van der Waals surface area contributed by atoms with Crippen LogP contribution in [0, 0.1) is 13.8 Å². The van der Waals surface area contributed by atoms with Crippen LogP contribution in [0.25, 0.3) is 11.0 Å². The number of rotatable bonds is 5. The third-order valence-corrected chi connectivity index (χ3v) is 6.24. The van der Waals surface area contributed by atoms with Crippen molar-refractivity contribution in [2.24, 2.45) is 0 Å². The van der Waals surface area contributed by atoms with Crippen molar-refractivity contribution in [3.05, 3.63) is 62.0 Å². The molecule has 26 heavy (non-hydrogen) atoms. The van der Waals surface area contributed by atoms with Crippen LogP contribution in [0.3, 0.4) is 0 Å². The van der Waals surface area contributed by atoms with E-state index in [9.17, 15) is 9.59 Å². The third-order valence-electron chi connectivity index (χ3n) is 4.23. The number of H-pyrrole nitrogens is 2. The fourth-order valence-corrected chi connectivity index (χ4v) is 4.11. The predicted molar refractivity (Wildman–Crippen MR) is 110 cm³/mol. The highest BCUT2D eigenvalue weighted by molar-refractivity contribution is 9.10. The van der Waals surface area contributed by atoms with E-state index in [-0.39, 0.29) is 17.6 Å². The van der Waals surface area contributed by atoms with Gasteiger partial charge in [-0.1, -0.05) is 22.0 Å². The van der Waals surface area contributed by atoms with Crippen LogP contribution in [0.2, 0.25) is 0 Å². The minimum atomic E-state index is -0.231. The molecule has 2 aromatic carbocycles. The van der Waals surface area contributed by atoms with Gasteiger partial charge in [0.05, 0.1) is 22.8 Å². The van der Waals surface area contributed by atoms with E-state index in [0.717, 1.165) is 37.1 Å². The molecule has 0 aliphatic rings. The third kappa shape index (κ3) is 4.22. The first-order valence-electron chi connectivity index (χ1n) is 8.24. The van der Waals surface area contributed by atoms with Gasteiger partial charge in [0.25, 0.3) is 0 Å². The predicted octanol–water partition coefficient (Wildman–Crippen LogP) is 4.21. The number of imidazole rings is 1.